The summed E-state index contributed by atoms with van der Waals surface area (Å²) < 4.78 is 16.0. The highest BCUT2D eigenvalue weighted by Crippen LogP contribution is 2.33. The van der Waals surface area contributed by atoms with Gasteiger partial charge in [0, 0.05) is 23.7 Å². The molecule has 6 heteroatoms. The number of anilines is 1. The summed E-state index contributed by atoms with van der Waals surface area (Å²) in [7, 11) is 3.21. The van der Waals surface area contributed by atoms with Crippen molar-refractivity contribution in [3.8, 4) is 11.5 Å². The Labute approximate surface area is 158 Å². The maximum atomic E-state index is 12.6. The molecule has 0 saturated carbocycles. The number of amides is 1. The van der Waals surface area contributed by atoms with Crippen LogP contribution in [0.4, 0.5) is 5.69 Å². The molecule has 2 aromatic rings. The Hall–Kier alpha value is -2.05. The topological polar surface area (TPSA) is 56.8 Å². The highest BCUT2D eigenvalue weighted by molar-refractivity contribution is 7.14. The molecular formula is C20H25NO4S. The van der Waals surface area contributed by atoms with Crippen molar-refractivity contribution in [3.05, 3.63) is 39.6 Å². The maximum Gasteiger partial charge on any atom is 0.265 e. The quantitative estimate of drug-likeness (QED) is 0.739. The second-order valence-electron chi connectivity index (χ2n) is 6.57. The molecule has 1 unspecified atom stereocenters. The predicted molar refractivity (Wildman–Crippen MR) is 104 cm³/mol. The van der Waals surface area contributed by atoms with E-state index in [-0.39, 0.29) is 5.91 Å². The molecule has 0 spiro atoms. The minimum atomic E-state index is -0.0786. The monoisotopic (exact) mass is 375 g/mol. The summed E-state index contributed by atoms with van der Waals surface area (Å²) in [6, 6.07) is 7.43. The van der Waals surface area contributed by atoms with Crippen molar-refractivity contribution in [2.45, 2.75) is 26.2 Å². The molecule has 0 aliphatic heterocycles. The van der Waals surface area contributed by atoms with Gasteiger partial charge in [0.05, 0.1) is 18.6 Å². The highest BCUT2D eigenvalue weighted by Gasteiger charge is 2.21. The summed E-state index contributed by atoms with van der Waals surface area (Å²) in [5.41, 5.74) is 2.01. The molecule has 0 radical (unpaired) electrons. The van der Waals surface area contributed by atoms with E-state index in [1.807, 2.05) is 12.1 Å². The third-order valence-electron chi connectivity index (χ3n) is 4.52. The van der Waals surface area contributed by atoms with E-state index in [0.29, 0.717) is 36.3 Å². The van der Waals surface area contributed by atoms with Crippen LogP contribution in [0.5, 0.6) is 11.5 Å². The molecule has 140 valence electrons. The van der Waals surface area contributed by atoms with E-state index in [4.69, 9.17) is 14.2 Å². The molecule has 5 nitrogen and oxygen atoms in total. The fraction of sp³-hybridized carbons (Fsp3) is 0.450. The molecule has 0 bridgehead atoms. The number of nitrogens with one attached hydrogen (secondary N) is 1. The number of ether oxygens (including phenoxy) is 3. The van der Waals surface area contributed by atoms with Gasteiger partial charge in [-0.2, -0.15) is 0 Å². The molecule has 1 aliphatic carbocycles. The van der Waals surface area contributed by atoms with Crippen molar-refractivity contribution in [3.63, 3.8) is 0 Å². The first-order chi connectivity index (χ1) is 12.6. The second kappa shape index (κ2) is 8.56. The first-order valence-electron chi connectivity index (χ1n) is 8.83. The predicted octanol–water partition coefficient (Wildman–Crippen LogP) is 4.16. The number of aryl methyl sites for hydroxylation is 1. The average molecular weight is 375 g/mol. The Morgan fingerprint density at radius 2 is 2.08 bits per heavy atom. The zero-order valence-corrected chi connectivity index (χ0v) is 16.3. The lowest BCUT2D eigenvalue weighted by molar-refractivity contribution is 0.103. The Morgan fingerprint density at radius 3 is 2.85 bits per heavy atom. The number of hydrogen-bond acceptors (Lipinski definition) is 5. The summed E-state index contributed by atoms with van der Waals surface area (Å²) in [6.07, 6.45) is 3.35. The highest BCUT2D eigenvalue weighted by atomic mass is 32.1. The van der Waals surface area contributed by atoms with Crippen molar-refractivity contribution in [1.29, 1.82) is 0 Å². The standard InChI is InChI=1S/C20H25NO4S/c1-13-4-7-18-14(10-13)11-19(26-18)20(22)21-15-5-6-16(24-3)17(12-15)25-9-8-23-2/h5-6,11-13H,4,7-10H2,1-3H3,(H,21,22). The van der Waals surface area contributed by atoms with Crippen LogP contribution >= 0.6 is 11.3 Å². The number of carbonyl (C=O) groups excluding carboxylic acids is 1. The van der Waals surface area contributed by atoms with E-state index in [1.165, 1.54) is 16.9 Å². The summed E-state index contributed by atoms with van der Waals surface area (Å²) in [5, 5.41) is 2.97. The van der Waals surface area contributed by atoms with E-state index in [0.717, 1.165) is 17.7 Å². The molecule has 0 saturated heterocycles. The van der Waals surface area contributed by atoms with Gasteiger partial charge in [-0.25, -0.2) is 0 Å². The zero-order valence-electron chi connectivity index (χ0n) is 15.5. The van der Waals surface area contributed by atoms with Crippen LogP contribution in [0.1, 0.15) is 33.5 Å². The first-order valence-corrected chi connectivity index (χ1v) is 9.65. The van der Waals surface area contributed by atoms with Crippen LogP contribution in [0.15, 0.2) is 24.3 Å². The SMILES string of the molecule is COCCOc1cc(NC(=O)c2cc3c(s2)CCC(C)C3)ccc1OC. The lowest BCUT2D eigenvalue weighted by Crippen LogP contribution is -2.11. The molecule has 1 amide bonds. The number of hydrogen-bond donors (Lipinski definition) is 1. The van der Waals surface area contributed by atoms with Crippen LogP contribution in [0.2, 0.25) is 0 Å². The Balaban J connectivity index is 1.71. The minimum absolute atomic E-state index is 0.0786. The van der Waals surface area contributed by atoms with Crippen molar-refractivity contribution < 1.29 is 19.0 Å². The number of thiophene rings is 1. The van der Waals surface area contributed by atoms with E-state index in [2.05, 4.69) is 12.2 Å². The van der Waals surface area contributed by atoms with Gasteiger partial charge in [-0.05, 0) is 48.9 Å². The summed E-state index contributed by atoms with van der Waals surface area (Å²) in [5.74, 6) is 1.83. The molecule has 1 aromatic heterocycles. The van der Waals surface area contributed by atoms with E-state index in [1.54, 1.807) is 37.7 Å². The maximum absolute atomic E-state index is 12.6. The number of methoxy groups -OCH3 is 2. The van der Waals surface area contributed by atoms with Crippen LogP contribution in [-0.4, -0.2) is 33.3 Å². The average Bonchev–Trinajstić information content (AvgIpc) is 3.05. The third-order valence-corrected chi connectivity index (χ3v) is 5.76. The van der Waals surface area contributed by atoms with Gasteiger partial charge in [0.2, 0.25) is 0 Å². The molecule has 1 aliphatic rings. The molecule has 1 aromatic carbocycles. The fourth-order valence-electron chi connectivity index (χ4n) is 3.11. The Kier molecular flexibility index (Phi) is 6.16. The molecule has 0 fully saturated rings. The van der Waals surface area contributed by atoms with Crippen LogP contribution in [0, 0.1) is 5.92 Å². The van der Waals surface area contributed by atoms with Crippen molar-refractivity contribution >= 4 is 22.9 Å². The lowest BCUT2D eigenvalue weighted by Gasteiger charge is -2.16. The van der Waals surface area contributed by atoms with Gasteiger partial charge >= 0.3 is 0 Å². The first kappa shape index (κ1) is 18.7. The zero-order chi connectivity index (χ0) is 18.5. The number of benzene rings is 1. The van der Waals surface area contributed by atoms with E-state index >= 15 is 0 Å². The van der Waals surface area contributed by atoms with Gasteiger partial charge in [-0.15, -0.1) is 11.3 Å². The van der Waals surface area contributed by atoms with Gasteiger partial charge in [0.1, 0.15) is 6.61 Å². The van der Waals surface area contributed by atoms with E-state index in [9.17, 15) is 4.79 Å². The van der Waals surface area contributed by atoms with Crippen molar-refractivity contribution in [2.75, 3.05) is 32.8 Å². The lowest BCUT2D eigenvalue weighted by atomic mass is 9.90. The molecule has 1 atom stereocenters. The van der Waals surface area contributed by atoms with Gasteiger partial charge < -0.3 is 19.5 Å². The molecular weight excluding hydrogens is 350 g/mol. The van der Waals surface area contributed by atoms with Gasteiger partial charge in [0.25, 0.3) is 5.91 Å². The van der Waals surface area contributed by atoms with Crippen LogP contribution in [0.3, 0.4) is 0 Å². The van der Waals surface area contributed by atoms with Crippen molar-refractivity contribution in [1.82, 2.24) is 0 Å². The van der Waals surface area contributed by atoms with Crippen LogP contribution in [-0.2, 0) is 17.6 Å². The van der Waals surface area contributed by atoms with Gasteiger partial charge in [0.15, 0.2) is 11.5 Å². The Morgan fingerprint density at radius 1 is 1.23 bits per heavy atom. The minimum Gasteiger partial charge on any atom is -0.493 e. The van der Waals surface area contributed by atoms with Crippen LogP contribution in [0.25, 0.3) is 0 Å². The smallest absolute Gasteiger partial charge is 0.265 e. The Bertz CT molecular complexity index is 771. The van der Waals surface area contributed by atoms with Crippen molar-refractivity contribution in [2.24, 2.45) is 5.92 Å². The summed E-state index contributed by atoms with van der Waals surface area (Å²) in [6.45, 7) is 3.17. The normalized spacial score (nSPS) is 16.0. The third kappa shape index (κ3) is 4.37. The molecule has 1 heterocycles. The second-order valence-corrected chi connectivity index (χ2v) is 7.70. The molecule has 1 N–H and O–H groups in total. The number of rotatable bonds is 7. The van der Waals surface area contributed by atoms with Crippen LogP contribution < -0.4 is 14.8 Å². The van der Waals surface area contributed by atoms with Gasteiger partial charge in [-0.3, -0.25) is 4.79 Å². The molecule has 3 rings (SSSR count). The number of fused-ring (bicyclic) bond motifs is 1. The van der Waals surface area contributed by atoms with Gasteiger partial charge in [-0.1, -0.05) is 6.92 Å². The largest absolute Gasteiger partial charge is 0.493 e. The molecule has 26 heavy (non-hydrogen) atoms. The summed E-state index contributed by atoms with van der Waals surface area (Å²) in [4.78, 5) is 14.8. The van der Waals surface area contributed by atoms with E-state index < -0.39 is 0 Å². The number of carbonyl (C=O) groups is 1. The fourth-order valence-corrected chi connectivity index (χ4v) is 4.22. The summed E-state index contributed by atoms with van der Waals surface area (Å²) >= 11 is 1.61.